The molecule has 1 unspecified atom stereocenters. The third-order valence-corrected chi connectivity index (χ3v) is 4.37. The molecule has 1 N–H and O–H groups in total. The minimum absolute atomic E-state index is 0.109. The smallest absolute Gasteiger partial charge is 0.124 e. The van der Waals surface area contributed by atoms with Gasteiger partial charge >= 0.3 is 0 Å². The van der Waals surface area contributed by atoms with Crippen LogP contribution in [-0.4, -0.2) is 16.1 Å². The lowest BCUT2D eigenvalue weighted by Gasteiger charge is -2.18. The average Bonchev–Trinajstić information content (AvgIpc) is 2.83. The van der Waals surface area contributed by atoms with Crippen LogP contribution in [0.1, 0.15) is 35.5 Å². The van der Waals surface area contributed by atoms with Crippen molar-refractivity contribution in [2.45, 2.75) is 32.7 Å². The second kappa shape index (κ2) is 7.11. The van der Waals surface area contributed by atoms with Crippen LogP contribution < -0.4 is 5.32 Å². The van der Waals surface area contributed by atoms with Gasteiger partial charge in [0, 0.05) is 11.1 Å². The van der Waals surface area contributed by atoms with Crippen molar-refractivity contribution >= 4 is 23.1 Å². The van der Waals surface area contributed by atoms with Gasteiger partial charge in [-0.3, -0.25) is 0 Å². The Kier molecular flexibility index (Phi) is 5.46. The van der Waals surface area contributed by atoms with Gasteiger partial charge in [-0.1, -0.05) is 29.1 Å². The molecule has 1 heterocycles. The Morgan fingerprint density at radius 2 is 2.25 bits per heavy atom. The molecular formula is C14H17ClFN3S. The Labute approximate surface area is 127 Å². The molecule has 2 aromatic rings. The molecule has 6 heteroatoms. The van der Waals surface area contributed by atoms with Crippen LogP contribution in [0.3, 0.4) is 0 Å². The van der Waals surface area contributed by atoms with Crippen molar-refractivity contribution in [2.24, 2.45) is 0 Å². The summed E-state index contributed by atoms with van der Waals surface area (Å²) in [6, 6.07) is 4.64. The molecule has 0 radical (unpaired) electrons. The van der Waals surface area contributed by atoms with E-state index in [9.17, 15) is 4.39 Å². The summed E-state index contributed by atoms with van der Waals surface area (Å²) in [5.74, 6) is -0.313. The molecule has 0 saturated heterocycles. The van der Waals surface area contributed by atoms with Crippen LogP contribution in [0.25, 0.3) is 0 Å². The third kappa shape index (κ3) is 3.75. The summed E-state index contributed by atoms with van der Waals surface area (Å²) in [7, 11) is 0. The fraction of sp³-hybridized carbons (Fsp3) is 0.429. The van der Waals surface area contributed by atoms with Gasteiger partial charge in [-0.15, -0.1) is 5.10 Å². The second-order valence-electron chi connectivity index (χ2n) is 4.67. The van der Waals surface area contributed by atoms with Gasteiger partial charge < -0.3 is 5.32 Å². The number of nitrogens with one attached hydrogen (secondary N) is 1. The van der Waals surface area contributed by atoms with E-state index in [1.165, 1.54) is 23.7 Å². The van der Waals surface area contributed by atoms with E-state index in [0.29, 0.717) is 11.4 Å². The van der Waals surface area contributed by atoms with Crippen molar-refractivity contribution in [3.8, 4) is 0 Å². The molecule has 2 rings (SSSR count). The Balaban J connectivity index is 2.21. The fourth-order valence-corrected chi connectivity index (χ4v) is 3.00. The van der Waals surface area contributed by atoms with E-state index >= 15 is 0 Å². The first-order valence-electron chi connectivity index (χ1n) is 6.58. The Morgan fingerprint density at radius 3 is 2.85 bits per heavy atom. The van der Waals surface area contributed by atoms with Gasteiger partial charge in [-0.25, -0.2) is 4.39 Å². The van der Waals surface area contributed by atoms with E-state index in [2.05, 4.69) is 21.8 Å². The molecule has 0 bridgehead atoms. The predicted molar refractivity (Wildman–Crippen MR) is 80.8 cm³/mol. The van der Waals surface area contributed by atoms with E-state index in [0.717, 1.165) is 29.1 Å². The normalized spacial score (nSPS) is 12.6. The van der Waals surface area contributed by atoms with E-state index in [1.54, 1.807) is 6.07 Å². The van der Waals surface area contributed by atoms with Crippen LogP contribution in [0.15, 0.2) is 18.2 Å². The van der Waals surface area contributed by atoms with Crippen LogP contribution in [0.5, 0.6) is 0 Å². The molecule has 0 aliphatic carbocycles. The van der Waals surface area contributed by atoms with E-state index in [-0.39, 0.29) is 11.9 Å². The van der Waals surface area contributed by atoms with E-state index in [1.807, 2.05) is 6.92 Å². The third-order valence-electron chi connectivity index (χ3n) is 3.08. The van der Waals surface area contributed by atoms with Crippen molar-refractivity contribution in [3.05, 3.63) is 45.2 Å². The summed E-state index contributed by atoms with van der Waals surface area (Å²) < 4.78 is 17.1. The van der Waals surface area contributed by atoms with Crippen molar-refractivity contribution in [3.63, 3.8) is 0 Å². The summed E-state index contributed by atoms with van der Waals surface area (Å²) in [4.78, 5) is 1.11. The summed E-state index contributed by atoms with van der Waals surface area (Å²) >= 11 is 7.51. The van der Waals surface area contributed by atoms with Gasteiger partial charge in [0.2, 0.25) is 0 Å². The number of aryl methyl sites for hydroxylation is 1. The zero-order chi connectivity index (χ0) is 14.5. The van der Waals surface area contributed by atoms with Crippen molar-refractivity contribution in [1.82, 2.24) is 14.9 Å². The minimum atomic E-state index is -0.313. The molecule has 20 heavy (non-hydrogen) atoms. The van der Waals surface area contributed by atoms with Crippen LogP contribution in [-0.2, 0) is 6.42 Å². The highest BCUT2D eigenvalue weighted by Crippen LogP contribution is 2.27. The van der Waals surface area contributed by atoms with Crippen LogP contribution in [0, 0.1) is 12.7 Å². The molecule has 0 amide bonds. The number of hydrogen-bond acceptors (Lipinski definition) is 4. The molecule has 1 atom stereocenters. The predicted octanol–water partition coefficient (Wildman–Crippen LogP) is 3.92. The number of nitrogens with zero attached hydrogens (tertiary/aromatic N) is 2. The maximum absolute atomic E-state index is 13.1. The van der Waals surface area contributed by atoms with E-state index < -0.39 is 0 Å². The largest absolute Gasteiger partial charge is 0.309 e. The van der Waals surface area contributed by atoms with Crippen LogP contribution >= 0.6 is 23.1 Å². The van der Waals surface area contributed by atoms with Crippen molar-refractivity contribution in [2.75, 3.05) is 6.54 Å². The van der Waals surface area contributed by atoms with E-state index in [4.69, 9.17) is 11.6 Å². The summed E-state index contributed by atoms with van der Waals surface area (Å²) in [5.41, 5.74) is 1.86. The molecule has 0 fully saturated rings. The van der Waals surface area contributed by atoms with Crippen molar-refractivity contribution < 1.29 is 4.39 Å². The molecule has 0 saturated carbocycles. The maximum Gasteiger partial charge on any atom is 0.124 e. The van der Waals surface area contributed by atoms with Gasteiger partial charge in [0.15, 0.2) is 0 Å². The SMILES string of the molecule is CCCNC(Cc1ccc(F)cc1Cl)c1snnc1C. The molecule has 0 aliphatic heterocycles. The first-order chi connectivity index (χ1) is 9.61. The van der Waals surface area contributed by atoms with Gasteiger partial charge in [-0.05, 0) is 55.5 Å². The molecule has 1 aromatic heterocycles. The zero-order valence-electron chi connectivity index (χ0n) is 11.5. The standard InChI is InChI=1S/C14H17ClFN3S/c1-3-6-17-13(14-9(2)18-19-20-14)7-10-4-5-11(16)8-12(10)15/h4-5,8,13,17H,3,6-7H2,1-2H3. The lowest BCUT2D eigenvalue weighted by Crippen LogP contribution is -2.24. The first-order valence-corrected chi connectivity index (χ1v) is 7.73. The highest BCUT2D eigenvalue weighted by atomic mass is 35.5. The highest BCUT2D eigenvalue weighted by molar-refractivity contribution is 7.05. The van der Waals surface area contributed by atoms with Crippen LogP contribution in [0.2, 0.25) is 5.02 Å². The average molecular weight is 314 g/mol. The van der Waals surface area contributed by atoms with Crippen LogP contribution in [0.4, 0.5) is 4.39 Å². The number of benzene rings is 1. The van der Waals surface area contributed by atoms with Crippen molar-refractivity contribution in [1.29, 1.82) is 0 Å². The zero-order valence-corrected chi connectivity index (χ0v) is 13.1. The van der Waals surface area contributed by atoms with Gasteiger partial charge in [0.1, 0.15) is 5.82 Å². The number of halogens is 2. The highest BCUT2D eigenvalue weighted by Gasteiger charge is 2.18. The summed E-state index contributed by atoms with van der Waals surface area (Å²) in [6.07, 6.45) is 1.74. The monoisotopic (exact) mass is 313 g/mol. The fourth-order valence-electron chi connectivity index (χ4n) is 2.04. The topological polar surface area (TPSA) is 37.8 Å². The first kappa shape index (κ1) is 15.4. The lowest BCUT2D eigenvalue weighted by atomic mass is 10.0. The van der Waals surface area contributed by atoms with Gasteiger partial charge in [0.25, 0.3) is 0 Å². The Hall–Kier alpha value is -1.04. The number of aromatic nitrogens is 2. The molecule has 1 aromatic carbocycles. The number of rotatable bonds is 6. The Bertz CT molecular complexity index is 573. The molecule has 0 aliphatic rings. The Morgan fingerprint density at radius 1 is 1.45 bits per heavy atom. The molecule has 0 spiro atoms. The number of hydrogen-bond donors (Lipinski definition) is 1. The molecular weight excluding hydrogens is 297 g/mol. The summed E-state index contributed by atoms with van der Waals surface area (Å²) in [6.45, 7) is 4.97. The van der Waals surface area contributed by atoms with Gasteiger partial charge in [0.05, 0.1) is 10.6 Å². The van der Waals surface area contributed by atoms with Gasteiger partial charge in [-0.2, -0.15) is 0 Å². The molecule has 3 nitrogen and oxygen atoms in total. The minimum Gasteiger partial charge on any atom is -0.309 e. The quantitative estimate of drug-likeness (QED) is 0.878. The summed E-state index contributed by atoms with van der Waals surface area (Å²) in [5, 5.41) is 8.00. The second-order valence-corrected chi connectivity index (χ2v) is 5.86. The maximum atomic E-state index is 13.1. The lowest BCUT2D eigenvalue weighted by molar-refractivity contribution is 0.533. The molecule has 108 valence electrons.